The molecule has 4 nitrogen and oxygen atoms in total. The van der Waals surface area contributed by atoms with Crippen molar-refractivity contribution in [3.05, 3.63) is 12.1 Å². The predicted octanol–water partition coefficient (Wildman–Crippen LogP) is 3.69. The van der Waals surface area contributed by atoms with Gasteiger partial charge in [-0.2, -0.15) is 4.98 Å². The molecule has 0 spiro atoms. The predicted molar refractivity (Wildman–Crippen MR) is 86.5 cm³/mol. The van der Waals surface area contributed by atoms with Gasteiger partial charge in [0.1, 0.15) is 5.82 Å². The molecule has 0 radical (unpaired) electrons. The highest BCUT2D eigenvalue weighted by Gasteiger charge is 2.31. The lowest BCUT2D eigenvalue weighted by Gasteiger charge is -2.22. The molecule has 2 fully saturated rings. The highest BCUT2D eigenvalue weighted by atomic mass is 16.5. The van der Waals surface area contributed by atoms with E-state index in [9.17, 15) is 0 Å². The number of pyridine rings is 1. The molecule has 3 atom stereocenters. The topological polar surface area (TPSA) is 60.2 Å². The van der Waals surface area contributed by atoms with Crippen molar-refractivity contribution in [2.24, 2.45) is 17.8 Å². The van der Waals surface area contributed by atoms with Crippen LogP contribution in [0.5, 0.6) is 5.88 Å². The van der Waals surface area contributed by atoms with Crippen molar-refractivity contribution in [2.45, 2.75) is 52.0 Å². The molecule has 0 saturated heterocycles. The van der Waals surface area contributed by atoms with Crippen LogP contribution in [0.1, 0.15) is 46.0 Å². The Hall–Kier alpha value is -1.45. The summed E-state index contributed by atoms with van der Waals surface area (Å²) in [4.78, 5) is 4.56. The Morgan fingerprint density at radius 2 is 2.10 bits per heavy atom. The number of aromatic nitrogens is 1. The van der Waals surface area contributed by atoms with Gasteiger partial charge in [0.25, 0.3) is 0 Å². The standard InChI is InChI=1S/C17H27N3O/c1-3-13-6-8-15(11(13)2)19-16-9-7-14(18)17(20-16)21-10-12-4-5-12/h7,9,11-13,15H,3-6,8,10,18H2,1-2H3,(H,19,20). The molecular weight excluding hydrogens is 262 g/mol. The Morgan fingerprint density at radius 3 is 2.76 bits per heavy atom. The van der Waals surface area contributed by atoms with E-state index < -0.39 is 0 Å². The molecule has 0 aromatic carbocycles. The zero-order valence-corrected chi connectivity index (χ0v) is 13.1. The Balaban J connectivity index is 1.63. The van der Waals surface area contributed by atoms with Crippen LogP contribution in [0.2, 0.25) is 0 Å². The molecule has 116 valence electrons. The lowest BCUT2D eigenvalue weighted by Crippen LogP contribution is -2.25. The number of nitrogens with one attached hydrogen (secondary N) is 1. The molecule has 0 aliphatic heterocycles. The summed E-state index contributed by atoms with van der Waals surface area (Å²) in [6.07, 6.45) is 6.36. The van der Waals surface area contributed by atoms with Crippen molar-refractivity contribution >= 4 is 11.5 Å². The maximum atomic E-state index is 5.96. The van der Waals surface area contributed by atoms with Crippen LogP contribution in [0.15, 0.2) is 12.1 Å². The van der Waals surface area contributed by atoms with Gasteiger partial charge in [-0.15, -0.1) is 0 Å². The van der Waals surface area contributed by atoms with Gasteiger partial charge in [-0.1, -0.05) is 20.3 Å². The summed E-state index contributed by atoms with van der Waals surface area (Å²) in [6, 6.07) is 4.38. The van der Waals surface area contributed by atoms with Crippen LogP contribution in [-0.4, -0.2) is 17.6 Å². The number of anilines is 2. The quantitative estimate of drug-likeness (QED) is 0.838. The zero-order valence-electron chi connectivity index (χ0n) is 13.1. The zero-order chi connectivity index (χ0) is 14.8. The molecule has 1 aromatic heterocycles. The minimum atomic E-state index is 0.516. The van der Waals surface area contributed by atoms with Gasteiger partial charge in [-0.05, 0) is 55.6 Å². The molecule has 2 aliphatic rings. The van der Waals surface area contributed by atoms with E-state index in [1.165, 1.54) is 32.1 Å². The van der Waals surface area contributed by atoms with Crippen LogP contribution >= 0.6 is 0 Å². The molecule has 0 bridgehead atoms. The molecule has 21 heavy (non-hydrogen) atoms. The lowest BCUT2D eigenvalue weighted by atomic mass is 9.93. The van der Waals surface area contributed by atoms with Crippen molar-refractivity contribution in [3.63, 3.8) is 0 Å². The van der Waals surface area contributed by atoms with E-state index in [4.69, 9.17) is 10.5 Å². The Labute approximate surface area is 127 Å². The van der Waals surface area contributed by atoms with E-state index in [0.29, 0.717) is 29.4 Å². The monoisotopic (exact) mass is 289 g/mol. The summed E-state index contributed by atoms with van der Waals surface area (Å²) in [5.74, 6) is 3.73. The molecule has 3 rings (SSSR count). The number of nitrogens with zero attached hydrogens (tertiary/aromatic N) is 1. The largest absolute Gasteiger partial charge is 0.476 e. The Kier molecular flexibility index (Phi) is 4.22. The van der Waals surface area contributed by atoms with Crippen LogP contribution in [-0.2, 0) is 0 Å². The molecule has 1 heterocycles. The van der Waals surface area contributed by atoms with E-state index in [1.54, 1.807) is 0 Å². The maximum absolute atomic E-state index is 5.96. The van der Waals surface area contributed by atoms with Crippen LogP contribution in [0.3, 0.4) is 0 Å². The van der Waals surface area contributed by atoms with Gasteiger partial charge >= 0.3 is 0 Å². The molecule has 3 unspecified atom stereocenters. The van der Waals surface area contributed by atoms with Crippen LogP contribution in [0, 0.1) is 17.8 Å². The van der Waals surface area contributed by atoms with E-state index in [0.717, 1.165) is 18.3 Å². The van der Waals surface area contributed by atoms with Crippen molar-refractivity contribution in [1.82, 2.24) is 4.98 Å². The maximum Gasteiger partial charge on any atom is 0.239 e. The number of hydrogen-bond acceptors (Lipinski definition) is 4. The van der Waals surface area contributed by atoms with E-state index in [-0.39, 0.29) is 0 Å². The Bertz CT molecular complexity index is 487. The Morgan fingerprint density at radius 1 is 1.29 bits per heavy atom. The normalized spacial score (nSPS) is 28.6. The summed E-state index contributed by atoms with van der Waals surface area (Å²) in [5.41, 5.74) is 6.59. The number of nitrogens with two attached hydrogens (primary N) is 1. The van der Waals surface area contributed by atoms with E-state index >= 15 is 0 Å². The molecule has 2 aliphatic carbocycles. The molecule has 3 N–H and O–H groups in total. The first-order valence-electron chi connectivity index (χ1n) is 8.33. The van der Waals surface area contributed by atoms with Gasteiger partial charge in [0.05, 0.1) is 12.3 Å². The fourth-order valence-electron chi connectivity index (χ4n) is 3.35. The molecule has 2 saturated carbocycles. The SMILES string of the molecule is CCC1CCC(Nc2ccc(N)c(OCC3CC3)n2)C1C. The van der Waals surface area contributed by atoms with Crippen LogP contribution in [0.4, 0.5) is 11.5 Å². The fourth-order valence-corrected chi connectivity index (χ4v) is 3.35. The molecule has 1 aromatic rings. The summed E-state index contributed by atoms with van der Waals surface area (Å²) in [7, 11) is 0. The van der Waals surface area contributed by atoms with Gasteiger partial charge in [-0.3, -0.25) is 0 Å². The van der Waals surface area contributed by atoms with Gasteiger partial charge < -0.3 is 15.8 Å². The minimum Gasteiger partial charge on any atom is -0.476 e. The highest BCUT2D eigenvalue weighted by molar-refractivity contribution is 5.54. The highest BCUT2D eigenvalue weighted by Crippen LogP contribution is 2.36. The third-order valence-electron chi connectivity index (χ3n) is 5.13. The minimum absolute atomic E-state index is 0.516. The van der Waals surface area contributed by atoms with Gasteiger partial charge in [0.15, 0.2) is 0 Å². The van der Waals surface area contributed by atoms with Crippen molar-refractivity contribution in [3.8, 4) is 5.88 Å². The first-order chi connectivity index (χ1) is 10.2. The smallest absolute Gasteiger partial charge is 0.239 e. The third-order valence-corrected chi connectivity index (χ3v) is 5.13. The van der Waals surface area contributed by atoms with Gasteiger partial charge in [0, 0.05) is 6.04 Å². The third kappa shape index (κ3) is 3.42. The van der Waals surface area contributed by atoms with Crippen molar-refractivity contribution in [1.29, 1.82) is 0 Å². The fraction of sp³-hybridized carbons (Fsp3) is 0.706. The average Bonchev–Trinajstić information content (AvgIpc) is 3.25. The van der Waals surface area contributed by atoms with Crippen molar-refractivity contribution in [2.75, 3.05) is 17.7 Å². The molecule has 4 heteroatoms. The second-order valence-corrected chi connectivity index (χ2v) is 6.70. The second-order valence-electron chi connectivity index (χ2n) is 6.70. The number of hydrogen-bond donors (Lipinski definition) is 2. The summed E-state index contributed by atoms with van der Waals surface area (Å²) >= 11 is 0. The summed E-state index contributed by atoms with van der Waals surface area (Å²) < 4.78 is 5.76. The van der Waals surface area contributed by atoms with Crippen LogP contribution in [0.25, 0.3) is 0 Å². The van der Waals surface area contributed by atoms with Gasteiger partial charge in [-0.25, -0.2) is 0 Å². The number of rotatable bonds is 6. The second kappa shape index (κ2) is 6.12. The lowest BCUT2D eigenvalue weighted by molar-refractivity contribution is 0.290. The summed E-state index contributed by atoms with van der Waals surface area (Å²) in [5, 5.41) is 3.58. The number of nitrogen functional groups attached to an aromatic ring is 1. The number of ether oxygens (including phenoxy) is 1. The van der Waals surface area contributed by atoms with E-state index in [1.807, 2.05) is 12.1 Å². The van der Waals surface area contributed by atoms with Gasteiger partial charge in [0.2, 0.25) is 5.88 Å². The molecular formula is C17H27N3O. The van der Waals surface area contributed by atoms with Crippen molar-refractivity contribution < 1.29 is 4.74 Å². The first-order valence-corrected chi connectivity index (χ1v) is 8.33. The average molecular weight is 289 g/mol. The summed E-state index contributed by atoms with van der Waals surface area (Å²) in [6.45, 7) is 5.38. The first kappa shape index (κ1) is 14.5. The van der Waals surface area contributed by atoms with E-state index in [2.05, 4.69) is 24.1 Å². The molecule has 0 amide bonds. The van der Waals surface area contributed by atoms with Crippen LogP contribution < -0.4 is 15.8 Å².